The molecule has 3 nitrogen and oxygen atoms in total. The lowest BCUT2D eigenvalue weighted by atomic mass is 9.96. The second-order valence-corrected chi connectivity index (χ2v) is 5.90. The lowest BCUT2D eigenvalue weighted by molar-refractivity contribution is -0.137. The van der Waals surface area contributed by atoms with Crippen LogP contribution in [0.5, 0.6) is 5.75 Å². The summed E-state index contributed by atoms with van der Waals surface area (Å²) in [5.74, 6) is 6.36. The predicted molar refractivity (Wildman–Crippen MR) is 87.0 cm³/mol. The van der Waals surface area contributed by atoms with Gasteiger partial charge in [0.05, 0.1) is 18.9 Å². The Balaban J connectivity index is 1.87. The summed E-state index contributed by atoms with van der Waals surface area (Å²) in [5, 5.41) is 8.95. The first kappa shape index (κ1) is 16.4. The maximum absolute atomic E-state index is 10.9. The Morgan fingerprint density at radius 3 is 2.59 bits per heavy atom. The molecule has 2 rings (SSSR count). The number of rotatable bonds is 7. The molecule has 1 aliphatic rings. The number of carboxylic acid groups (broad SMARTS) is 1. The first-order valence-electron chi connectivity index (χ1n) is 8.06. The highest BCUT2D eigenvalue weighted by Gasteiger charge is 2.15. The first-order chi connectivity index (χ1) is 10.7. The lowest BCUT2D eigenvalue weighted by Crippen LogP contribution is -2.05. The molecule has 1 unspecified atom stereocenters. The summed E-state index contributed by atoms with van der Waals surface area (Å²) in [7, 11) is 0. The van der Waals surface area contributed by atoms with Crippen molar-refractivity contribution in [2.45, 2.75) is 51.4 Å². The van der Waals surface area contributed by atoms with Crippen molar-refractivity contribution in [1.82, 2.24) is 0 Å². The van der Waals surface area contributed by atoms with Crippen molar-refractivity contribution in [2.24, 2.45) is 5.92 Å². The van der Waals surface area contributed by atoms with Gasteiger partial charge in [0.2, 0.25) is 0 Å². The van der Waals surface area contributed by atoms with E-state index in [-0.39, 0.29) is 12.3 Å². The van der Waals surface area contributed by atoms with Crippen LogP contribution in [0.1, 0.15) is 56.9 Å². The zero-order chi connectivity index (χ0) is 15.8. The van der Waals surface area contributed by atoms with E-state index in [1.165, 1.54) is 25.7 Å². The number of carbonyl (C=O) groups is 1. The smallest absolute Gasteiger partial charge is 0.304 e. The Morgan fingerprint density at radius 2 is 2.00 bits per heavy atom. The van der Waals surface area contributed by atoms with Crippen LogP contribution in [0.4, 0.5) is 0 Å². The minimum Gasteiger partial charge on any atom is -0.494 e. The van der Waals surface area contributed by atoms with E-state index in [2.05, 4.69) is 11.8 Å². The molecule has 0 bridgehead atoms. The van der Waals surface area contributed by atoms with Gasteiger partial charge in [-0.2, -0.15) is 0 Å². The van der Waals surface area contributed by atoms with Crippen molar-refractivity contribution in [2.75, 3.05) is 6.61 Å². The van der Waals surface area contributed by atoms with E-state index in [4.69, 9.17) is 9.84 Å². The van der Waals surface area contributed by atoms with Crippen LogP contribution < -0.4 is 4.74 Å². The topological polar surface area (TPSA) is 46.5 Å². The van der Waals surface area contributed by atoms with Crippen LogP contribution >= 0.6 is 0 Å². The van der Waals surface area contributed by atoms with E-state index in [0.29, 0.717) is 0 Å². The van der Waals surface area contributed by atoms with Gasteiger partial charge in [-0.1, -0.05) is 43.7 Å². The molecule has 3 heteroatoms. The van der Waals surface area contributed by atoms with Gasteiger partial charge in [-0.05, 0) is 37.0 Å². The predicted octanol–water partition coefficient (Wildman–Crippen LogP) is 4.23. The molecule has 1 aromatic carbocycles. The Labute approximate surface area is 132 Å². The Hall–Kier alpha value is -1.95. The van der Waals surface area contributed by atoms with Crippen molar-refractivity contribution >= 4 is 5.97 Å². The van der Waals surface area contributed by atoms with Gasteiger partial charge in [0.15, 0.2) is 0 Å². The van der Waals surface area contributed by atoms with Gasteiger partial charge in [0, 0.05) is 0 Å². The van der Waals surface area contributed by atoms with Crippen molar-refractivity contribution in [3.63, 3.8) is 0 Å². The van der Waals surface area contributed by atoms with Gasteiger partial charge in [-0.15, -0.1) is 5.92 Å². The molecule has 0 heterocycles. The maximum atomic E-state index is 10.9. The van der Waals surface area contributed by atoms with Crippen LogP contribution in [0, 0.1) is 17.8 Å². The third kappa shape index (κ3) is 5.11. The average molecular weight is 300 g/mol. The van der Waals surface area contributed by atoms with Crippen molar-refractivity contribution in [3.8, 4) is 17.6 Å². The average Bonchev–Trinajstić information content (AvgIpc) is 3.00. The van der Waals surface area contributed by atoms with Gasteiger partial charge in [-0.25, -0.2) is 0 Å². The SMILES string of the molecule is CC#CC(CC(=O)O)c1ccc(OCCC2CCCC2)cc1. The molecular formula is C19H24O3. The fraction of sp³-hybridized carbons (Fsp3) is 0.526. The number of hydrogen-bond acceptors (Lipinski definition) is 2. The third-order valence-corrected chi connectivity index (χ3v) is 4.25. The van der Waals surface area contributed by atoms with E-state index in [0.717, 1.165) is 30.3 Å². The minimum absolute atomic E-state index is 0.0305. The third-order valence-electron chi connectivity index (χ3n) is 4.25. The van der Waals surface area contributed by atoms with E-state index in [1.807, 2.05) is 24.3 Å². The summed E-state index contributed by atoms with van der Waals surface area (Å²) in [5.41, 5.74) is 0.930. The second-order valence-electron chi connectivity index (χ2n) is 5.90. The number of benzene rings is 1. The van der Waals surface area contributed by atoms with Crippen LogP contribution in [-0.4, -0.2) is 17.7 Å². The van der Waals surface area contributed by atoms with Crippen molar-refractivity contribution < 1.29 is 14.6 Å². The molecule has 1 saturated carbocycles. The normalized spacial score (nSPS) is 15.9. The molecule has 0 amide bonds. The number of ether oxygens (including phenoxy) is 1. The van der Waals surface area contributed by atoms with Crippen LogP contribution in [0.2, 0.25) is 0 Å². The molecule has 0 radical (unpaired) electrons. The van der Waals surface area contributed by atoms with Crippen molar-refractivity contribution in [3.05, 3.63) is 29.8 Å². The summed E-state index contributed by atoms with van der Waals surface area (Å²) in [6, 6.07) is 7.66. The second kappa shape index (κ2) is 8.48. The summed E-state index contributed by atoms with van der Waals surface area (Å²) in [4.78, 5) is 10.9. The van der Waals surface area contributed by atoms with Crippen LogP contribution in [-0.2, 0) is 4.79 Å². The van der Waals surface area contributed by atoms with Crippen molar-refractivity contribution in [1.29, 1.82) is 0 Å². The van der Waals surface area contributed by atoms with E-state index < -0.39 is 5.97 Å². The Bertz CT molecular complexity index is 530. The molecule has 1 aliphatic carbocycles. The summed E-state index contributed by atoms with van der Waals surface area (Å²) in [6.45, 7) is 2.49. The zero-order valence-corrected chi connectivity index (χ0v) is 13.2. The maximum Gasteiger partial charge on any atom is 0.304 e. The lowest BCUT2D eigenvalue weighted by Gasteiger charge is -2.12. The zero-order valence-electron chi connectivity index (χ0n) is 13.2. The van der Waals surface area contributed by atoms with E-state index in [9.17, 15) is 4.79 Å². The van der Waals surface area contributed by atoms with Crippen LogP contribution in [0.3, 0.4) is 0 Å². The van der Waals surface area contributed by atoms with Gasteiger partial charge >= 0.3 is 5.97 Å². The standard InChI is InChI=1S/C19H24O3/c1-2-5-17(14-19(20)21)16-8-10-18(11-9-16)22-13-12-15-6-3-4-7-15/h8-11,15,17H,3-4,6-7,12-14H2,1H3,(H,20,21). The number of hydrogen-bond donors (Lipinski definition) is 1. The highest BCUT2D eigenvalue weighted by Crippen LogP contribution is 2.28. The highest BCUT2D eigenvalue weighted by molar-refractivity contribution is 5.69. The van der Waals surface area contributed by atoms with Gasteiger partial charge in [-0.3, -0.25) is 4.79 Å². The van der Waals surface area contributed by atoms with Gasteiger partial charge in [0.25, 0.3) is 0 Å². The summed E-state index contributed by atoms with van der Waals surface area (Å²) >= 11 is 0. The molecule has 0 saturated heterocycles. The van der Waals surface area contributed by atoms with Crippen LogP contribution in [0.15, 0.2) is 24.3 Å². The number of carboxylic acids is 1. The number of aliphatic carboxylic acids is 1. The molecule has 0 aliphatic heterocycles. The highest BCUT2D eigenvalue weighted by atomic mass is 16.5. The van der Waals surface area contributed by atoms with Gasteiger partial charge < -0.3 is 9.84 Å². The van der Waals surface area contributed by atoms with Gasteiger partial charge in [0.1, 0.15) is 5.75 Å². The summed E-state index contributed by atoms with van der Waals surface area (Å²) in [6.07, 6.45) is 6.57. The monoisotopic (exact) mass is 300 g/mol. The quantitative estimate of drug-likeness (QED) is 0.767. The molecule has 0 spiro atoms. The summed E-state index contributed by atoms with van der Waals surface area (Å²) < 4.78 is 5.79. The minimum atomic E-state index is -0.829. The molecule has 1 N–H and O–H groups in total. The van der Waals surface area contributed by atoms with E-state index >= 15 is 0 Å². The van der Waals surface area contributed by atoms with Crippen LogP contribution in [0.25, 0.3) is 0 Å². The Kier molecular flexibility index (Phi) is 6.33. The molecular weight excluding hydrogens is 276 g/mol. The Morgan fingerprint density at radius 1 is 1.32 bits per heavy atom. The molecule has 118 valence electrons. The fourth-order valence-electron chi connectivity index (χ4n) is 3.04. The van der Waals surface area contributed by atoms with E-state index in [1.54, 1.807) is 6.92 Å². The first-order valence-corrected chi connectivity index (χ1v) is 8.06. The molecule has 1 atom stereocenters. The molecule has 1 fully saturated rings. The molecule has 0 aromatic heterocycles. The molecule has 22 heavy (non-hydrogen) atoms. The molecule has 1 aromatic rings. The largest absolute Gasteiger partial charge is 0.494 e. The fourth-order valence-corrected chi connectivity index (χ4v) is 3.04.